The summed E-state index contributed by atoms with van der Waals surface area (Å²) in [5.74, 6) is 0. The highest BCUT2D eigenvalue weighted by Gasteiger charge is 2.10. The Balaban J connectivity index is 1.89. The van der Waals surface area contributed by atoms with Crippen LogP contribution in [0, 0.1) is 0 Å². The third-order valence-electron chi connectivity index (χ3n) is 4.98. The largest absolute Gasteiger partial charge is 0.355 e. The van der Waals surface area contributed by atoms with Gasteiger partial charge in [0.1, 0.15) is 0 Å². The highest BCUT2D eigenvalue weighted by Crippen LogP contribution is 2.29. The molecule has 5 heterocycles. The van der Waals surface area contributed by atoms with Crippen LogP contribution >= 0.6 is 31.9 Å². The van der Waals surface area contributed by atoms with Crippen LogP contribution in [0.25, 0.3) is 44.8 Å². The molecule has 2 aliphatic heterocycles. The van der Waals surface area contributed by atoms with E-state index in [0.29, 0.717) is 0 Å². The molecule has 2 N–H and O–H groups in total. The Labute approximate surface area is 185 Å². The first-order valence-electron chi connectivity index (χ1n) is 9.54. The van der Waals surface area contributed by atoms with E-state index < -0.39 is 0 Å². The number of aromatic amines is 2. The third-order valence-corrected chi connectivity index (χ3v) is 6.27. The molecule has 0 atom stereocenters. The summed E-state index contributed by atoms with van der Waals surface area (Å²) in [6.07, 6.45) is 8.23. The molecule has 8 bridgehead atoms. The Kier molecular flexibility index (Phi) is 4.76. The number of fused-ring (bicyclic) bond motifs is 8. The van der Waals surface area contributed by atoms with Gasteiger partial charge in [-0.05, 0) is 92.9 Å². The van der Waals surface area contributed by atoms with Crippen LogP contribution in [-0.4, -0.2) is 19.9 Å². The van der Waals surface area contributed by atoms with Crippen LogP contribution in [0.2, 0.25) is 0 Å². The Morgan fingerprint density at radius 1 is 0.862 bits per heavy atom. The second-order valence-corrected chi connectivity index (χ2v) is 8.85. The molecule has 0 aliphatic carbocycles. The molecular formula is C23H18Br2N4. The van der Waals surface area contributed by atoms with E-state index in [2.05, 4.69) is 91.2 Å². The summed E-state index contributed by atoms with van der Waals surface area (Å²) in [6.45, 7) is 2.19. The van der Waals surface area contributed by atoms with Crippen molar-refractivity contribution >= 4 is 76.6 Å². The van der Waals surface area contributed by atoms with Gasteiger partial charge in [-0.15, -0.1) is 0 Å². The minimum atomic E-state index is 0.885. The topological polar surface area (TPSA) is 57.4 Å². The highest BCUT2D eigenvalue weighted by atomic mass is 79.9. The molecule has 6 heteroatoms. The number of H-pyrrole nitrogens is 2. The first kappa shape index (κ1) is 18.6. The molecule has 144 valence electrons. The smallest absolute Gasteiger partial charge is 0.0800 e. The van der Waals surface area contributed by atoms with Crippen LogP contribution in [0.5, 0.6) is 0 Å². The normalized spacial score (nSPS) is 13.0. The number of halogens is 2. The molecule has 0 saturated heterocycles. The lowest BCUT2D eigenvalue weighted by atomic mass is 10.1. The lowest BCUT2D eigenvalue weighted by Crippen LogP contribution is -1.89. The van der Waals surface area contributed by atoms with E-state index in [1.54, 1.807) is 0 Å². The van der Waals surface area contributed by atoms with E-state index in [-0.39, 0.29) is 0 Å². The fraction of sp³-hybridized carbons (Fsp3) is 0.130. The van der Waals surface area contributed by atoms with Crippen molar-refractivity contribution < 1.29 is 0 Å². The maximum atomic E-state index is 4.87. The zero-order chi connectivity index (χ0) is 20.0. The van der Waals surface area contributed by atoms with Crippen LogP contribution in [-0.2, 0) is 6.42 Å². The van der Waals surface area contributed by atoms with E-state index >= 15 is 0 Å². The lowest BCUT2D eigenvalue weighted by molar-refractivity contribution is 0.919. The Hall–Kier alpha value is -2.44. The van der Waals surface area contributed by atoms with Gasteiger partial charge in [0, 0.05) is 31.1 Å². The molecule has 0 aromatic carbocycles. The van der Waals surface area contributed by atoms with Gasteiger partial charge in [0.25, 0.3) is 0 Å². The quantitative estimate of drug-likeness (QED) is 0.303. The molecule has 2 aliphatic rings. The third kappa shape index (κ3) is 3.63. The van der Waals surface area contributed by atoms with Crippen LogP contribution < -0.4 is 0 Å². The maximum Gasteiger partial charge on any atom is 0.0800 e. The van der Waals surface area contributed by atoms with Crippen molar-refractivity contribution in [3.8, 4) is 0 Å². The molecule has 3 aromatic heterocycles. The van der Waals surface area contributed by atoms with Gasteiger partial charge < -0.3 is 9.97 Å². The fourth-order valence-electron chi connectivity index (χ4n) is 3.66. The molecule has 0 saturated carbocycles. The fourth-order valence-corrected chi connectivity index (χ4v) is 4.55. The summed E-state index contributed by atoms with van der Waals surface area (Å²) in [4.78, 5) is 16.6. The summed E-state index contributed by atoms with van der Waals surface area (Å²) in [5.41, 5.74) is 9.09. The first-order chi connectivity index (χ1) is 14.1. The number of hydrogen-bond donors (Lipinski definition) is 2. The minimum absolute atomic E-state index is 0.885. The summed E-state index contributed by atoms with van der Waals surface area (Å²) < 4.78 is 1.96. The zero-order valence-corrected chi connectivity index (χ0v) is 18.9. The SMILES string of the molecule is CCCc1c2nc(cc3cc(Br)c(cc4nc(cc5ccc1[nH]5)C=C4Br)[nH]3)C=C2. The van der Waals surface area contributed by atoms with Crippen molar-refractivity contribution in [1.29, 1.82) is 0 Å². The van der Waals surface area contributed by atoms with Crippen molar-refractivity contribution in [3.05, 3.63) is 69.2 Å². The Morgan fingerprint density at radius 3 is 2.55 bits per heavy atom. The summed E-state index contributed by atoms with van der Waals surface area (Å²) in [7, 11) is 0. The van der Waals surface area contributed by atoms with E-state index in [1.165, 1.54) is 5.56 Å². The number of aryl methyl sites for hydroxylation is 1. The van der Waals surface area contributed by atoms with E-state index in [0.717, 1.165) is 66.6 Å². The van der Waals surface area contributed by atoms with Crippen LogP contribution in [0.15, 0.2) is 40.9 Å². The molecule has 0 fully saturated rings. The van der Waals surface area contributed by atoms with Crippen LogP contribution in [0.4, 0.5) is 0 Å². The minimum Gasteiger partial charge on any atom is -0.355 e. The number of rotatable bonds is 2. The van der Waals surface area contributed by atoms with Crippen molar-refractivity contribution in [2.75, 3.05) is 0 Å². The number of aromatic nitrogens is 4. The van der Waals surface area contributed by atoms with Gasteiger partial charge in [-0.3, -0.25) is 0 Å². The van der Waals surface area contributed by atoms with E-state index in [4.69, 9.17) is 9.97 Å². The summed E-state index contributed by atoms with van der Waals surface area (Å²) in [5, 5.41) is 0. The van der Waals surface area contributed by atoms with Crippen molar-refractivity contribution in [2.45, 2.75) is 19.8 Å². The van der Waals surface area contributed by atoms with Gasteiger partial charge in [0.2, 0.25) is 0 Å². The molecular weight excluding hydrogens is 492 g/mol. The van der Waals surface area contributed by atoms with E-state index in [9.17, 15) is 0 Å². The molecule has 0 radical (unpaired) electrons. The van der Waals surface area contributed by atoms with Gasteiger partial charge in [-0.1, -0.05) is 13.3 Å². The lowest BCUT2D eigenvalue weighted by Gasteiger charge is -2.00. The average molecular weight is 510 g/mol. The predicted octanol–water partition coefficient (Wildman–Crippen LogP) is 7.09. The standard InChI is InChI=1S/C23H18Br2N4/c1-2-3-17-20-6-4-13(26-20)8-15-10-18(24)22(28-15)12-23-19(25)11-16(29-23)9-14-5-7-21(17)27-14/h4-12,26,29H,2-3H2,1H3. The first-order valence-corrected chi connectivity index (χ1v) is 11.1. The number of nitrogens with one attached hydrogen (secondary N) is 2. The van der Waals surface area contributed by atoms with Gasteiger partial charge in [0.15, 0.2) is 0 Å². The summed E-state index contributed by atoms with van der Waals surface area (Å²) >= 11 is 7.29. The Bertz CT molecular complexity index is 1340. The Morgan fingerprint density at radius 2 is 1.69 bits per heavy atom. The second-order valence-electron chi connectivity index (χ2n) is 7.14. The van der Waals surface area contributed by atoms with Crippen molar-refractivity contribution in [3.63, 3.8) is 0 Å². The van der Waals surface area contributed by atoms with Crippen molar-refractivity contribution in [1.82, 2.24) is 19.9 Å². The highest BCUT2D eigenvalue weighted by molar-refractivity contribution is 9.15. The maximum absolute atomic E-state index is 4.87. The molecule has 3 aromatic rings. The molecule has 4 nitrogen and oxygen atoms in total. The predicted molar refractivity (Wildman–Crippen MR) is 128 cm³/mol. The molecule has 0 unspecified atom stereocenters. The molecule has 5 rings (SSSR count). The average Bonchev–Trinajstić information content (AvgIpc) is 3.45. The van der Waals surface area contributed by atoms with Crippen molar-refractivity contribution in [2.24, 2.45) is 0 Å². The second kappa shape index (κ2) is 7.43. The monoisotopic (exact) mass is 508 g/mol. The number of hydrogen-bond acceptors (Lipinski definition) is 2. The molecule has 0 amide bonds. The van der Waals surface area contributed by atoms with Gasteiger partial charge in [0.05, 0.1) is 28.3 Å². The summed E-state index contributed by atoms with van der Waals surface area (Å²) in [6, 6.07) is 12.5. The van der Waals surface area contributed by atoms with Crippen LogP contribution in [0.1, 0.15) is 41.7 Å². The van der Waals surface area contributed by atoms with Gasteiger partial charge in [-0.25, -0.2) is 9.97 Å². The van der Waals surface area contributed by atoms with Crippen LogP contribution in [0.3, 0.4) is 0 Å². The van der Waals surface area contributed by atoms with E-state index in [1.807, 2.05) is 12.1 Å². The van der Waals surface area contributed by atoms with Gasteiger partial charge in [-0.2, -0.15) is 0 Å². The zero-order valence-electron chi connectivity index (χ0n) is 15.8. The molecule has 0 spiro atoms. The van der Waals surface area contributed by atoms with Gasteiger partial charge >= 0.3 is 0 Å². The number of nitrogens with zero attached hydrogens (tertiary/aromatic N) is 2. The molecule has 29 heavy (non-hydrogen) atoms.